The van der Waals surface area contributed by atoms with Crippen molar-refractivity contribution in [3.63, 3.8) is 0 Å². The molecule has 0 saturated carbocycles. The van der Waals surface area contributed by atoms with Crippen molar-refractivity contribution >= 4 is 6.08 Å². The molecule has 0 aromatic carbocycles. The maximum atomic E-state index is 9.22. The van der Waals surface area contributed by atoms with E-state index in [0.29, 0.717) is 5.92 Å². The van der Waals surface area contributed by atoms with Gasteiger partial charge in [0, 0.05) is 6.54 Å². The number of aryl methyl sites for hydroxylation is 1. The molecule has 0 amide bonds. The van der Waals surface area contributed by atoms with Gasteiger partial charge in [-0.3, -0.25) is 0 Å². The molecule has 0 unspecified atom stereocenters. The molecule has 0 aliphatic rings. The quantitative estimate of drug-likeness (QED) is 0.806. The van der Waals surface area contributed by atoms with Gasteiger partial charge in [-0.2, -0.15) is 0 Å². The zero-order valence-corrected chi connectivity index (χ0v) is 9.77. The van der Waals surface area contributed by atoms with Gasteiger partial charge in [-0.15, -0.1) is 0 Å². The highest BCUT2D eigenvalue weighted by molar-refractivity contribution is 5.49. The Hall–Kier alpha value is -1.09. The average molecular weight is 208 g/mol. The summed E-state index contributed by atoms with van der Waals surface area (Å²) in [5.74, 6) is 0.375. The van der Waals surface area contributed by atoms with Crippen molar-refractivity contribution in [2.75, 3.05) is 6.61 Å². The molecule has 3 nitrogen and oxygen atoms in total. The predicted molar refractivity (Wildman–Crippen MR) is 62.4 cm³/mol. The number of imidazole rings is 1. The molecule has 0 fully saturated rings. The lowest BCUT2D eigenvalue weighted by atomic mass is 10.0. The van der Waals surface area contributed by atoms with Gasteiger partial charge >= 0.3 is 0 Å². The van der Waals surface area contributed by atoms with Crippen LogP contribution in [0.2, 0.25) is 0 Å². The molecule has 3 heteroatoms. The van der Waals surface area contributed by atoms with E-state index in [1.807, 2.05) is 18.6 Å². The van der Waals surface area contributed by atoms with Crippen molar-refractivity contribution in [3.05, 3.63) is 23.8 Å². The minimum atomic E-state index is 0.120. The Morgan fingerprint density at radius 2 is 2.33 bits per heavy atom. The number of hydrogen-bond donors (Lipinski definition) is 1. The van der Waals surface area contributed by atoms with Gasteiger partial charge in [0.1, 0.15) is 0 Å². The van der Waals surface area contributed by atoms with Gasteiger partial charge in [0.05, 0.1) is 24.8 Å². The van der Waals surface area contributed by atoms with Gasteiger partial charge in [-0.25, -0.2) is 4.98 Å². The molecule has 0 radical (unpaired) electrons. The van der Waals surface area contributed by atoms with E-state index in [1.54, 1.807) is 0 Å². The molecule has 1 heterocycles. The van der Waals surface area contributed by atoms with Crippen LogP contribution in [0.4, 0.5) is 0 Å². The number of aliphatic hydroxyl groups excluding tert-OH is 1. The van der Waals surface area contributed by atoms with Crippen LogP contribution < -0.4 is 0 Å². The number of nitrogens with zero attached hydrogens (tertiary/aromatic N) is 2. The van der Waals surface area contributed by atoms with Crippen molar-refractivity contribution in [1.82, 2.24) is 9.55 Å². The van der Waals surface area contributed by atoms with Crippen LogP contribution >= 0.6 is 0 Å². The zero-order valence-electron chi connectivity index (χ0n) is 9.77. The number of rotatable bonds is 5. The normalized spacial score (nSPS) is 12.5. The molecule has 0 atom stereocenters. The highest BCUT2D eigenvalue weighted by Gasteiger charge is 2.04. The van der Waals surface area contributed by atoms with Crippen LogP contribution in [0.1, 0.15) is 32.9 Å². The van der Waals surface area contributed by atoms with Crippen molar-refractivity contribution in [2.45, 2.75) is 33.7 Å². The summed E-state index contributed by atoms with van der Waals surface area (Å²) in [4.78, 5) is 4.12. The number of hydrogen-bond acceptors (Lipinski definition) is 2. The van der Waals surface area contributed by atoms with E-state index in [9.17, 15) is 5.11 Å². The number of aliphatic hydroxyl groups is 1. The Balaban J connectivity index is 2.90. The molecule has 1 aromatic rings. The summed E-state index contributed by atoms with van der Waals surface area (Å²) in [5, 5.41) is 9.22. The first-order chi connectivity index (χ1) is 7.19. The van der Waals surface area contributed by atoms with E-state index < -0.39 is 0 Å². The average Bonchev–Trinajstić information content (AvgIpc) is 2.62. The summed E-state index contributed by atoms with van der Waals surface area (Å²) in [6.07, 6.45) is 6.80. The van der Waals surface area contributed by atoms with E-state index >= 15 is 0 Å². The largest absolute Gasteiger partial charge is 0.392 e. The maximum Gasteiger partial charge on any atom is 0.0950 e. The summed E-state index contributed by atoms with van der Waals surface area (Å²) in [5.41, 5.74) is 2.13. The van der Waals surface area contributed by atoms with E-state index in [-0.39, 0.29) is 6.61 Å². The Morgan fingerprint density at radius 3 is 2.87 bits per heavy atom. The fraction of sp³-hybridized carbons (Fsp3) is 0.583. The molecule has 0 aliphatic carbocycles. The molecular weight excluding hydrogens is 188 g/mol. The standard InChI is InChI=1S/C12H20N2O/c1-4-5-14-9-13-7-12(14)6-11(8-15)10(2)3/h6-7,9-10,15H,4-5,8H2,1-3H3. The van der Waals surface area contributed by atoms with E-state index in [4.69, 9.17) is 0 Å². The predicted octanol–water partition coefficient (Wildman–Crippen LogP) is 2.32. The topological polar surface area (TPSA) is 38.0 Å². The molecule has 0 bridgehead atoms. The molecule has 0 saturated heterocycles. The van der Waals surface area contributed by atoms with Crippen molar-refractivity contribution in [1.29, 1.82) is 0 Å². The molecular formula is C12H20N2O. The molecule has 84 valence electrons. The monoisotopic (exact) mass is 208 g/mol. The second-order valence-electron chi connectivity index (χ2n) is 4.04. The van der Waals surface area contributed by atoms with Crippen LogP contribution in [0, 0.1) is 5.92 Å². The minimum absolute atomic E-state index is 0.120. The van der Waals surface area contributed by atoms with E-state index in [1.165, 1.54) is 0 Å². The fourth-order valence-corrected chi connectivity index (χ4v) is 1.46. The van der Waals surface area contributed by atoms with E-state index in [2.05, 4.69) is 30.3 Å². The smallest absolute Gasteiger partial charge is 0.0950 e. The lowest BCUT2D eigenvalue weighted by Crippen LogP contribution is -2.02. The second kappa shape index (κ2) is 5.71. The highest BCUT2D eigenvalue weighted by Crippen LogP contribution is 2.14. The zero-order chi connectivity index (χ0) is 11.3. The molecule has 1 rings (SSSR count). The van der Waals surface area contributed by atoms with Gasteiger partial charge in [-0.05, 0) is 24.0 Å². The summed E-state index contributed by atoms with van der Waals surface area (Å²) in [6, 6.07) is 0. The van der Waals surface area contributed by atoms with Gasteiger partial charge in [-0.1, -0.05) is 20.8 Å². The van der Waals surface area contributed by atoms with Gasteiger partial charge < -0.3 is 9.67 Å². The van der Waals surface area contributed by atoms with Crippen LogP contribution in [-0.2, 0) is 6.54 Å². The highest BCUT2D eigenvalue weighted by atomic mass is 16.3. The van der Waals surface area contributed by atoms with Crippen molar-refractivity contribution < 1.29 is 5.11 Å². The first kappa shape index (κ1) is 12.0. The van der Waals surface area contributed by atoms with Crippen LogP contribution in [-0.4, -0.2) is 21.3 Å². The molecule has 15 heavy (non-hydrogen) atoms. The van der Waals surface area contributed by atoms with Crippen LogP contribution in [0.5, 0.6) is 0 Å². The first-order valence-corrected chi connectivity index (χ1v) is 5.50. The summed E-state index contributed by atoms with van der Waals surface area (Å²) in [6.45, 7) is 7.41. The Morgan fingerprint density at radius 1 is 1.60 bits per heavy atom. The second-order valence-corrected chi connectivity index (χ2v) is 4.04. The van der Waals surface area contributed by atoms with Crippen molar-refractivity contribution in [2.24, 2.45) is 5.92 Å². The lowest BCUT2D eigenvalue weighted by Gasteiger charge is -2.09. The first-order valence-electron chi connectivity index (χ1n) is 5.50. The minimum Gasteiger partial charge on any atom is -0.392 e. The van der Waals surface area contributed by atoms with Gasteiger partial charge in [0.15, 0.2) is 0 Å². The fourth-order valence-electron chi connectivity index (χ4n) is 1.46. The molecule has 0 spiro atoms. The molecule has 1 N–H and O–H groups in total. The SMILES string of the molecule is CCCn1cncc1C=C(CO)C(C)C. The third-order valence-corrected chi connectivity index (χ3v) is 2.47. The Labute approximate surface area is 91.5 Å². The molecule has 0 aliphatic heterocycles. The van der Waals surface area contributed by atoms with Crippen LogP contribution in [0.3, 0.4) is 0 Å². The third kappa shape index (κ3) is 3.20. The maximum absolute atomic E-state index is 9.22. The summed E-state index contributed by atoms with van der Waals surface area (Å²) in [7, 11) is 0. The van der Waals surface area contributed by atoms with Crippen LogP contribution in [0.15, 0.2) is 18.1 Å². The van der Waals surface area contributed by atoms with Crippen molar-refractivity contribution in [3.8, 4) is 0 Å². The Kier molecular flexibility index (Phi) is 4.56. The van der Waals surface area contributed by atoms with Crippen LogP contribution in [0.25, 0.3) is 6.08 Å². The lowest BCUT2D eigenvalue weighted by molar-refractivity contribution is 0.320. The van der Waals surface area contributed by atoms with Gasteiger partial charge in [0.25, 0.3) is 0 Å². The summed E-state index contributed by atoms with van der Waals surface area (Å²) >= 11 is 0. The van der Waals surface area contributed by atoms with E-state index in [0.717, 1.165) is 24.2 Å². The molecule has 1 aromatic heterocycles. The third-order valence-electron chi connectivity index (χ3n) is 2.47. The summed E-state index contributed by atoms with van der Waals surface area (Å²) < 4.78 is 2.11. The number of aromatic nitrogens is 2. The Bertz CT molecular complexity index is 326. The van der Waals surface area contributed by atoms with Gasteiger partial charge in [0.2, 0.25) is 0 Å².